The van der Waals surface area contributed by atoms with Crippen LogP contribution in [0.1, 0.15) is 44.2 Å². The summed E-state index contributed by atoms with van der Waals surface area (Å²) in [6, 6.07) is 6.84. The number of nitrogens with one attached hydrogen (secondary N) is 1. The van der Waals surface area contributed by atoms with Crippen LogP contribution in [-0.2, 0) is 11.3 Å². The highest BCUT2D eigenvalue weighted by molar-refractivity contribution is 5.54. The molecule has 0 radical (unpaired) electrons. The molecule has 0 amide bonds. The molecular formula is C18H30N2O. The lowest BCUT2D eigenvalue weighted by Crippen LogP contribution is -2.32. The summed E-state index contributed by atoms with van der Waals surface area (Å²) in [6.45, 7) is 11.7. The van der Waals surface area contributed by atoms with Gasteiger partial charge in [0.25, 0.3) is 0 Å². The van der Waals surface area contributed by atoms with Crippen LogP contribution < -0.4 is 10.2 Å². The van der Waals surface area contributed by atoms with Gasteiger partial charge in [0.1, 0.15) is 0 Å². The van der Waals surface area contributed by atoms with Gasteiger partial charge in [0.05, 0.1) is 6.10 Å². The number of aryl methyl sites for hydroxylation is 1. The molecule has 0 aliphatic carbocycles. The van der Waals surface area contributed by atoms with Crippen LogP contribution in [0.5, 0.6) is 0 Å². The van der Waals surface area contributed by atoms with Crippen LogP contribution in [0.4, 0.5) is 5.69 Å². The van der Waals surface area contributed by atoms with E-state index in [1.165, 1.54) is 36.1 Å². The topological polar surface area (TPSA) is 24.5 Å². The number of hydrogen-bond donors (Lipinski definition) is 1. The molecule has 1 N–H and O–H groups in total. The highest BCUT2D eigenvalue weighted by atomic mass is 16.5. The Hall–Kier alpha value is -1.06. The smallest absolute Gasteiger partial charge is 0.0750 e. The molecule has 1 saturated heterocycles. The summed E-state index contributed by atoms with van der Waals surface area (Å²) < 4.78 is 5.78. The number of likely N-dealkylation sites (N-methyl/N-ethyl adjacent to an activating group) is 1. The lowest BCUT2D eigenvalue weighted by Gasteiger charge is -2.28. The van der Waals surface area contributed by atoms with Gasteiger partial charge < -0.3 is 15.0 Å². The first-order chi connectivity index (χ1) is 10.2. The first kappa shape index (κ1) is 16.3. The van der Waals surface area contributed by atoms with Crippen molar-refractivity contribution in [2.45, 2.75) is 52.7 Å². The summed E-state index contributed by atoms with van der Waals surface area (Å²) in [5.41, 5.74) is 4.09. The maximum Gasteiger partial charge on any atom is 0.0750 e. The summed E-state index contributed by atoms with van der Waals surface area (Å²) in [6.07, 6.45) is 4.01. The fourth-order valence-corrected chi connectivity index (χ4v) is 3.02. The van der Waals surface area contributed by atoms with Crippen LogP contribution in [0.25, 0.3) is 0 Å². The van der Waals surface area contributed by atoms with Crippen molar-refractivity contribution in [3.63, 3.8) is 0 Å². The van der Waals surface area contributed by atoms with Crippen LogP contribution >= 0.6 is 0 Å². The first-order valence-corrected chi connectivity index (χ1v) is 8.41. The largest absolute Gasteiger partial charge is 0.376 e. The van der Waals surface area contributed by atoms with Crippen LogP contribution in [0.15, 0.2) is 18.2 Å². The summed E-state index contributed by atoms with van der Waals surface area (Å²) in [7, 11) is 0. The zero-order valence-corrected chi connectivity index (χ0v) is 13.8. The van der Waals surface area contributed by atoms with E-state index < -0.39 is 0 Å². The molecule has 1 atom stereocenters. The van der Waals surface area contributed by atoms with E-state index in [1.54, 1.807) is 0 Å². The van der Waals surface area contributed by atoms with E-state index in [0.29, 0.717) is 6.10 Å². The Balaban J connectivity index is 1.99. The monoisotopic (exact) mass is 290 g/mol. The molecule has 0 bridgehead atoms. The van der Waals surface area contributed by atoms with Gasteiger partial charge in [-0.25, -0.2) is 0 Å². The maximum absolute atomic E-state index is 5.78. The minimum atomic E-state index is 0.412. The van der Waals surface area contributed by atoms with E-state index in [-0.39, 0.29) is 0 Å². The van der Waals surface area contributed by atoms with E-state index in [4.69, 9.17) is 4.74 Å². The second-order valence-corrected chi connectivity index (χ2v) is 5.97. The van der Waals surface area contributed by atoms with E-state index in [9.17, 15) is 0 Å². The molecule has 1 unspecified atom stereocenters. The number of benzene rings is 1. The van der Waals surface area contributed by atoms with Crippen molar-refractivity contribution in [1.82, 2.24) is 5.32 Å². The zero-order chi connectivity index (χ0) is 15.1. The van der Waals surface area contributed by atoms with Crippen LogP contribution in [0, 0.1) is 6.92 Å². The molecule has 1 fully saturated rings. The van der Waals surface area contributed by atoms with Gasteiger partial charge in [-0.05, 0) is 56.8 Å². The molecule has 3 heteroatoms. The molecule has 0 spiro atoms. The van der Waals surface area contributed by atoms with Crippen molar-refractivity contribution in [2.24, 2.45) is 0 Å². The molecule has 0 aromatic heterocycles. The quantitative estimate of drug-likeness (QED) is 0.742. The van der Waals surface area contributed by atoms with Crippen molar-refractivity contribution < 1.29 is 4.74 Å². The van der Waals surface area contributed by atoms with E-state index >= 15 is 0 Å². The molecule has 1 aliphatic rings. The van der Waals surface area contributed by atoms with Gasteiger partial charge in [-0.3, -0.25) is 0 Å². The average molecular weight is 290 g/mol. The minimum absolute atomic E-state index is 0.412. The van der Waals surface area contributed by atoms with Gasteiger partial charge in [-0.1, -0.05) is 19.1 Å². The second-order valence-electron chi connectivity index (χ2n) is 5.97. The highest BCUT2D eigenvalue weighted by Crippen LogP contribution is 2.23. The second kappa shape index (κ2) is 8.40. The molecule has 1 heterocycles. The van der Waals surface area contributed by atoms with Crippen molar-refractivity contribution in [3.05, 3.63) is 29.3 Å². The van der Waals surface area contributed by atoms with E-state index in [2.05, 4.69) is 49.2 Å². The molecule has 1 aromatic carbocycles. The number of ether oxygens (including phenoxy) is 1. The number of nitrogens with zero attached hydrogens (tertiary/aromatic N) is 1. The first-order valence-electron chi connectivity index (χ1n) is 8.41. The predicted molar refractivity (Wildman–Crippen MR) is 90.0 cm³/mol. The summed E-state index contributed by atoms with van der Waals surface area (Å²) in [5.74, 6) is 0. The third-order valence-electron chi connectivity index (χ3n) is 4.19. The Morgan fingerprint density at radius 2 is 2.19 bits per heavy atom. The van der Waals surface area contributed by atoms with Crippen molar-refractivity contribution in [3.8, 4) is 0 Å². The third kappa shape index (κ3) is 4.72. The Bertz CT molecular complexity index is 427. The molecule has 118 valence electrons. The molecular weight excluding hydrogens is 260 g/mol. The molecule has 2 rings (SSSR count). The minimum Gasteiger partial charge on any atom is -0.376 e. The van der Waals surface area contributed by atoms with Gasteiger partial charge in [-0.15, -0.1) is 0 Å². The summed E-state index contributed by atoms with van der Waals surface area (Å²) in [5, 5.41) is 3.47. The third-order valence-corrected chi connectivity index (χ3v) is 4.19. The van der Waals surface area contributed by atoms with Crippen molar-refractivity contribution in [1.29, 1.82) is 0 Å². The standard InChI is InChI=1S/C18H30N2O/c1-4-10-19-13-16-8-9-18(15(3)12-16)20(5-2)14-17-7-6-11-21-17/h8-9,12,17,19H,4-7,10-11,13-14H2,1-3H3. The van der Waals surface area contributed by atoms with E-state index in [0.717, 1.165) is 32.8 Å². The zero-order valence-electron chi connectivity index (χ0n) is 13.8. The lowest BCUT2D eigenvalue weighted by atomic mass is 10.1. The molecule has 3 nitrogen and oxygen atoms in total. The van der Waals surface area contributed by atoms with Gasteiger partial charge in [0.2, 0.25) is 0 Å². The highest BCUT2D eigenvalue weighted by Gasteiger charge is 2.19. The van der Waals surface area contributed by atoms with Gasteiger partial charge in [-0.2, -0.15) is 0 Å². The fraction of sp³-hybridized carbons (Fsp3) is 0.667. The normalized spacial score (nSPS) is 18.1. The predicted octanol–water partition coefficient (Wildman–Crippen LogP) is 3.50. The number of anilines is 1. The number of hydrogen-bond acceptors (Lipinski definition) is 3. The Labute approximate surface area is 129 Å². The lowest BCUT2D eigenvalue weighted by molar-refractivity contribution is 0.115. The fourth-order valence-electron chi connectivity index (χ4n) is 3.02. The Morgan fingerprint density at radius 3 is 2.81 bits per heavy atom. The van der Waals surface area contributed by atoms with Crippen molar-refractivity contribution in [2.75, 3.05) is 31.1 Å². The number of rotatable bonds is 8. The SMILES string of the molecule is CCCNCc1ccc(N(CC)CC2CCCO2)c(C)c1. The van der Waals surface area contributed by atoms with E-state index in [1.807, 2.05) is 0 Å². The van der Waals surface area contributed by atoms with Crippen LogP contribution in [0.3, 0.4) is 0 Å². The van der Waals surface area contributed by atoms with Crippen LogP contribution in [-0.4, -0.2) is 32.3 Å². The summed E-state index contributed by atoms with van der Waals surface area (Å²) in [4.78, 5) is 2.45. The Morgan fingerprint density at radius 1 is 1.33 bits per heavy atom. The molecule has 1 aromatic rings. The molecule has 1 aliphatic heterocycles. The Kier molecular flexibility index (Phi) is 6.52. The maximum atomic E-state index is 5.78. The average Bonchev–Trinajstić information content (AvgIpc) is 2.99. The molecule has 21 heavy (non-hydrogen) atoms. The van der Waals surface area contributed by atoms with Gasteiger partial charge in [0.15, 0.2) is 0 Å². The summed E-state index contributed by atoms with van der Waals surface area (Å²) >= 11 is 0. The van der Waals surface area contributed by atoms with Gasteiger partial charge >= 0.3 is 0 Å². The molecule has 0 saturated carbocycles. The van der Waals surface area contributed by atoms with Crippen LogP contribution in [0.2, 0.25) is 0 Å². The van der Waals surface area contributed by atoms with Gasteiger partial charge in [0, 0.05) is 31.9 Å². The van der Waals surface area contributed by atoms with Crippen molar-refractivity contribution >= 4 is 5.69 Å².